The van der Waals surface area contributed by atoms with Crippen LogP contribution in [-0.2, 0) is 14.3 Å². The molecule has 1 aliphatic carbocycles. The molecule has 3 rings (SSSR count). The van der Waals surface area contributed by atoms with Crippen molar-refractivity contribution in [2.75, 3.05) is 32.1 Å². The van der Waals surface area contributed by atoms with Gasteiger partial charge in [0.2, 0.25) is 5.91 Å². The molecule has 1 spiro atoms. The first-order valence-corrected chi connectivity index (χ1v) is 8.61. The highest BCUT2D eigenvalue weighted by Gasteiger charge is 2.59. The molecule has 24 heavy (non-hydrogen) atoms. The van der Waals surface area contributed by atoms with Crippen molar-refractivity contribution in [1.29, 1.82) is 0 Å². The minimum atomic E-state index is -0.0732. The molecule has 1 saturated heterocycles. The lowest BCUT2D eigenvalue weighted by Crippen LogP contribution is -2.40. The molecule has 5 nitrogen and oxygen atoms in total. The lowest BCUT2D eigenvalue weighted by molar-refractivity contribution is -0.143. The Morgan fingerprint density at radius 3 is 2.58 bits per heavy atom. The molecule has 0 aromatic heterocycles. The van der Waals surface area contributed by atoms with Gasteiger partial charge in [-0.2, -0.15) is 0 Å². The number of nitrogens with zero attached hydrogens (tertiary/aromatic N) is 1. The van der Waals surface area contributed by atoms with Gasteiger partial charge in [0.1, 0.15) is 0 Å². The average molecular weight is 330 g/mol. The van der Waals surface area contributed by atoms with Crippen LogP contribution in [0.1, 0.15) is 30.4 Å². The second-order valence-electron chi connectivity index (χ2n) is 7.27. The van der Waals surface area contributed by atoms with Crippen LogP contribution in [0.2, 0.25) is 0 Å². The summed E-state index contributed by atoms with van der Waals surface area (Å²) >= 11 is 0. The number of ether oxygens (including phenoxy) is 1. The molecule has 0 bridgehead atoms. The molecular formula is C19H26N2O3. The lowest BCUT2D eigenvalue weighted by Gasteiger charge is -2.32. The number of amides is 1. The highest BCUT2D eigenvalue weighted by molar-refractivity contribution is 5.92. The predicted molar refractivity (Wildman–Crippen MR) is 92.8 cm³/mol. The van der Waals surface area contributed by atoms with Crippen LogP contribution < -0.4 is 5.32 Å². The van der Waals surface area contributed by atoms with E-state index in [0.29, 0.717) is 6.54 Å². The first kappa shape index (κ1) is 17.0. The summed E-state index contributed by atoms with van der Waals surface area (Å²) in [5, 5.41) is 2.98. The minimum Gasteiger partial charge on any atom is -0.469 e. The third-order valence-corrected chi connectivity index (χ3v) is 5.69. The van der Waals surface area contributed by atoms with Crippen LogP contribution in [0.5, 0.6) is 0 Å². The third kappa shape index (κ3) is 3.46. The fourth-order valence-corrected chi connectivity index (χ4v) is 3.76. The number of rotatable bonds is 4. The Labute approximate surface area is 143 Å². The summed E-state index contributed by atoms with van der Waals surface area (Å²) in [6.07, 6.45) is 2.90. The van der Waals surface area contributed by atoms with E-state index in [4.69, 9.17) is 4.74 Å². The Morgan fingerprint density at radius 1 is 1.25 bits per heavy atom. The van der Waals surface area contributed by atoms with Crippen LogP contribution in [0.3, 0.4) is 0 Å². The molecular weight excluding hydrogens is 304 g/mol. The number of carbonyl (C=O) groups excluding carboxylic acids is 2. The van der Waals surface area contributed by atoms with Gasteiger partial charge >= 0.3 is 5.97 Å². The van der Waals surface area contributed by atoms with E-state index >= 15 is 0 Å². The summed E-state index contributed by atoms with van der Waals surface area (Å²) in [5.41, 5.74) is 3.40. The number of piperidine rings is 1. The van der Waals surface area contributed by atoms with E-state index in [0.717, 1.165) is 38.0 Å². The number of benzene rings is 1. The van der Waals surface area contributed by atoms with Gasteiger partial charge in [0.15, 0.2) is 0 Å². The van der Waals surface area contributed by atoms with Gasteiger partial charge in [-0.15, -0.1) is 0 Å². The van der Waals surface area contributed by atoms with Gasteiger partial charge in [-0.3, -0.25) is 14.5 Å². The van der Waals surface area contributed by atoms with Gasteiger partial charge in [0.05, 0.1) is 19.6 Å². The SMILES string of the molecule is COC(=O)C1CC12CCN(CC(=O)Nc1ccc(C)c(C)c1)CC2. The Hall–Kier alpha value is -1.88. The molecule has 0 radical (unpaired) electrons. The number of hydrogen-bond donors (Lipinski definition) is 1. The Morgan fingerprint density at radius 2 is 1.96 bits per heavy atom. The molecule has 1 unspecified atom stereocenters. The Kier molecular flexibility index (Phi) is 4.63. The molecule has 1 heterocycles. The number of hydrogen-bond acceptors (Lipinski definition) is 4. The highest BCUT2D eigenvalue weighted by Crippen LogP contribution is 2.59. The van der Waals surface area contributed by atoms with Gasteiger partial charge < -0.3 is 10.1 Å². The number of likely N-dealkylation sites (tertiary alicyclic amines) is 1. The van der Waals surface area contributed by atoms with E-state index in [1.165, 1.54) is 18.2 Å². The summed E-state index contributed by atoms with van der Waals surface area (Å²) in [6, 6.07) is 5.97. The monoisotopic (exact) mass is 330 g/mol. The zero-order valence-corrected chi connectivity index (χ0v) is 14.7. The van der Waals surface area contributed by atoms with Crippen molar-refractivity contribution >= 4 is 17.6 Å². The molecule has 5 heteroatoms. The molecule has 1 aliphatic heterocycles. The highest BCUT2D eigenvalue weighted by atomic mass is 16.5. The number of methoxy groups -OCH3 is 1. The number of esters is 1. The summed E-state index contributed by atoms with van der Waals surface area (Å²) in [5.74, 6) is 0.0273. The van der Waals surface area contributed by atoms with E-state index < -0.39 is 0 Å². The fraction of sp³-hybridized carbons (Fsp3) is 0.579. The second kappa shape index (κ2) is 6.55. The Balaban J connectivity index is 1.47. The molecule has 1 saturated carbocycles. The van der Waals surface area contributed by atoms with E-state index in [9.17, 15) is 9.59 Å². The Bertz CT molecular complexity index is 648. The van der Waals surface area contributed by atoms with Gasteiger partial charge in [0, 0.05) is 5.69 Å². The van der Waals surface area contributed by atoms with Crippen LogP contribution in [0, 0.1) is 25.2 Å². The van der Waals surface area contributed by atoms with Crippen molar-refractivity contribution in [2.24, 2.45) is 11.3 Å². The van der Waals surface area contributed by atoms with Crippen molar-refractivity contribution in [2.45, 2.75) is 33.1 Å². The molecule has 1 aromatic rings. The van der Waals surface area contributed by atoms with Gasteiger partial charge in [-0.1, -0.05) is 6.07 Å². The van der Waals surface area contributed by atoms with Crippen LogP contribution in [0.15, 0.2) is 18.2 Å². The molecule has 1 amide bonds. The number of anilines is 1. The van der Waals surface area contributed by atoms with Crippen molar-refractivity contribution in [1.82, 2.24) is 4.90 Å². The fourth-order valence-electron chi connectivity index (χ4n) is 3.76. The lowest BCUT2D eigenvalue weighted by atomic mass is 9.91. The summed E-state index contributed by atoms with van der Waals surface area (Å²) in [6.45, 7) is 6.25. The zero-order chi connectivity index (χ0) is 17.3. The minimum absolute atomic E-state index is 0.0227. The smallest absolute Gasteiger partial charge is 0.309 e. The first-order chi connectivity index (χ1) is 11.4. The van der Waals surface area contributed by atoms with E-state index in [1.807, 2.05) is 25.1 Å². The van der Waals surface area contributed by atoms with Gasteiger partial charge in [-0.25, -0.2) is 0 Å². The maximum atomic E-state index is 12.2. The van der Waals surface area contributed by atoms with E-state index in [1.54, 1.807) is 0 Å². The topological polar surface area (TPSA) is 58.6 Å². The van der Waals surface area contributed by atoms with E-state index in [2.05, 4.69) is 17.1 Å². The normalized spacial score (nSPS) is 22.2. The first-order valence-electron chi connectivity index (χ1n) is 8.61. The summed E-state index contributed by atoms with van der Waals surface area (Å²) in [4.78, 5) is 26.1. The molecule has 130 valence electrons. The molecule has 1 N–H and O–H groups in total. The van der Waals surface area contributed by atoms with Gasteiger partial charge in [0.25, 0.3) is 0 Å². The third-order valence-electron chi connectivity index (χ3n) is 5.69. The second-order valence-corrected chi connectivity index (χ2v) is 7.27. The van der Waals surface area contributed by atoms with Crippen molar-refractivity contribution in [3.8, 4) is 0 Å². The quantitative estimate of drug-likeness (QED) is 0.862. The zero-order valence-electron chi connectivity index (χ0n) is 14.7. The molecule has 2 fully saturated rings. The van der Waals surface area contributed by atoms with Crippen molar-refractivity contribution in [3.63, 3.8) is 0 Å². The number of nitrogens with one attached hydrogen (secondary N) is 1. The van der Waals surface area contributed by atoms with Crippen LogP contribution in [0.25, 0.3) is 0 Å². The summed E-state index contributed by atoms with van der Waals surface area (Å²) in [7, 11) is 1.46. The maximum absolute atomic E-state index is 12.2. The average Bonchev–Trinajstić information content (AvgIpc) is 3.26. The van der Waals surface area contributed by atoms with Crippen molar-refractivity contribution in [3.05, 3.63) is 29.3 Å². The van der Waals surface area contributed by atoms with E-state index in [-0.39, 0.29) is 23.2 Å². The summed E-state index contributed by atoms with van der Waals surface area (Å²) < 4.78 is 4.86. The largest absolute Gasteiger partial charge is 0.469 e. The van der Waals surface area contributed by atoms with Crippen LogP contribution in [-0.4, -0.2) is 43.5 Å². The maximum Gasteiger partial charge on any atom is 0.309 e. The molecule has 1 aromatic carbocycles. The van der Waals surface area contributed by atoms with Crippen molar-refractivity contribution < 1.29 is 14.3 Å². The number of aryl methyl sites for hydroxylation is 2. The van der Waals surface area contributed by atoms with Gasteiger partial charge in [-0.05, 0) is 74.9 Å². The van der Waals surface area contributed by atoms with Crippen LogP contribution >= 0.6 is 0 Å². The number of carbonyl (C=O) groups is 2. The standard InChI is InChI=1S/C19H26N2O3/c1-13-4-5-15(10-14(13)2)20-17(22)12-21-8-6-19(7-9-21)11-16(19)18(23)24-3/h4-5,10,16H,6-9,11-12H2,1-3H3,(H,20,22). The molecule has 1 atom stereocenters. The molecule has 2 aliphatic rings. The van der Waals surface area contributed by atoms with Crippen LogP contribution in [0.4, 0.5) is 5.69 Å². The predicted octanol–water partition coefficient (Wildman–Crippen LogP) is 2.52.